The van der Waals surface area contributed by atoms with Crippen LogP contribution in [0.15, 0.2) is 146 Å². The number of nitrogens with zero attached hydrogens (tertiary/aromatic N) is 4. The molecule has 0 aliphatic heterocycles. The number of fused-ring (bicyclic) bond motifs is 7. The number of aromatic nitrogens is 2. The van der Waals surface area contributed by atoms with Crippen LogP contribution in [-0.4, -0.2) is 9.97 Å². The Balaban J connectivity index is 1.21. The topological polar surface area (TPSA) is 53.9 Å². The number of pyridine rings is 2. The molecule has 0 unspecified atom stereocenters. The predicted molar refractivity (Wildman–Crippen MR) is 203 cm³/mol. The van der Waals surface area contributed by atoms with E-state index >= 15 is 0 Å². The summed E-state index contributed by atoms with van der Waals surface area (Å²) in [6.45, 7) is 7.37. The maximum absolute atomic E-state index is 9.35. The van der Waals surface area contributed by atoms with Crippen molar-refractivity contribution < 1.29 is 0 Å². The van der Waals surface area contributed by atoms with E-state index in [9.17, 15) is 5.26 Å². The number of thiophene rings is 1. The average molecular weight is 641 g/mol. The van der Waals surface area contributed by atoms with E-state index in [1.807, 2.05) is 23.5 Å². The molecule has 0 bridgehead atoms. The molecule has 9 rings (SSSR count). The smallest absolute Gasteiger partial charge is 0.190 e. The van der Waals surface area contributed by atoms with Gasteiger partial charge in [0.25, 0.3) is 0 Å². The fourth-order valence-electron chi connectivity index (χ4n) is 6.92. The van der Waals surface area contributed by atoms with E-state index in [-0.39, 0.29) is 0 Å². The predicted octanol–water partition coefficient (Wildman–Crippen LogP) is 12.2. The van der Waals surface area contributed by atoms with Crippen LogP contribution >= 0.6 is 11.3 Å². The lowest BCUT2D eigenvalue weighted by Crippen LogP contribution is -1.87. The SMILES string of the molecule is [C-]#[N+]c1ccnc(-c2ccc(-c3cc4sc5cc(-c6ccc(-c7cc(C#N)ccn7)cc6)c6ccccc6c5c4c4ccccc34)cc2)c1. The van der Waals surface area contributed by atoms with Gasteiger partial charge < -0.3 is 0 Å². The first-order valence-electron chi connectivity index (χ1n) is 15.9. The Kier molecular flexibility index (Phi) is 6.73. The van der Waals surface area contributed by atoms with Crippen molar-refractivity contribution in [2.75, 3.05) is 0 Å². The second-order valence-corrected chi connectivity index (χ2v) is 13.1. The quantitative estimate of drug-likeness (QED) is 0.180. The second-order valence-electron chi connectivity index (χ2n) is 12.0. The molecule has 0 aliphatic rings. The van der Waals surface area contributed by atoms with E-state index in [4.69, 9.17) is 6.57 Å². The van der Waals surface area contributed by atoms with Crippen molar-refractivity contribution in [1.29, 1.82) is 5.26 Å². The molecule has 0 amide bonds. The summed E-state index contributed by atoms with van der Waals surface area (Å²) in [7, 11) is 0. The molecular formula is C44H24N4S. The van der Waals surface area contributed by atoms with Crippen molar-refractivity contribution in [3.63, 3.8) is 0 Å². The minimum atomic E-state index is 0.586. The van der Waals surface area contributed by atoms with E-state index in [0.29, 0.717) is 11.3 Å². The fourth-order valence-corrected chi connectivity index (χ4v) is 8.14. The standard InChI is InChI=1S/C44H24N4S/c1-46-32-19-21-48-40(23-32)31-16-12-29(13-17-31)38-25-42-44(36-9-5-3-7-34(36)38)43-35-8-4-2-6-33(35)37(24-41(43)49-42)28-10-14-30(15-11-28)39-22-27(26-45)18-20-47-39/h2-25H. The van der Waals surface area contributed by atoms with Gasteiger partial charge in [0.15, 0.2) is 5.69 Å². The average Bonchev–Trinajstić information content (AvgIpc) is 3.56. The molecule has 3 heterocycles. The van der Waals surface area contributed by atoms with Gasteiger partial charge in [0.1, 0.15) is 0 Å². The summed E-state index contributed by atoms with van der Waals surface area (Å²) in [5.41, 5.74) is 9.40. The Bertz CT molecular complexity index is 2640. The number of hydrogen-bond donors (Lipinski definition) is 0. The molecule has 0 saturated carbocycles. The zero-order chi connectivity index (χ0) is 32.9. The zero-order valence-corrected chi connectivity index (χ0v) is 26.9. The third-order valence-corrected chi connectivity index (χ3v) is 10.3. The lowest BCUT2D eigenvalue weighted by molar-refractivity contribution is 1.31. The molecule has 0 fully saturated rings. The van der Waals surface area contributed by atoms with Crippen molar-refractivity contribution in [3.8, 4) is 50.8 Å². The summed E-state index contributed by atoms with van der Waals surface area (Å²) < 4.78 is 2.50. The third kappa shape index (κ3) is 4.81. The normalized spacial score (nSPS) is 11.2. The highest BCUT2D eigenvalue weighted by atomic mass is 32.1. The Labute approximate surface area is 286 Å². The van der Waals surface area contributed by atoms with Crippen LogP contribution in [-0.2, 0) is 0 Å². The highest BCUT2D eigenvalue weighted by Gasteiger charge is 2.18. The minimum absolute atomic E-state index is 0.586. The molecule has 226 valence electrons. The van der Waals surface area contributed by atoms with Crippen LogP contribution in [0.5, 0.6) is 0 Å². The van der Waals surface area contributed by atoms with Gasteiger partial charge in [0.05, 0.1) is 29.6 Å². The van der Waals surface area contributed by atoms with Crippen LogP contribution in [0.3, 0.4) is 0 Å². The highest BCUT2D eigenvalue weighted by molar-refractivity contribution is 7.26. The van der Waals surface area contributed by atoms with Crippen molar-refractivity contribution in [3.05, 3.63) is 163 Å². The minimum Gasteiger partial charge on any atom is -0.259 e. The molecule has 0 N–H and O–H groups in total. The number of benzene rings is 6. The van der Waals surface area contributed by atoms with Crippen LogP contribution in [0.4, 0.5) is 5.69 Å². The Hall–Kier alpha value is -6.66. The molecule has 0 spiro atoms. The molecule has 0 radical (unpaired) electrons. The highest BCUT2D eigenvalue weighted by Crippen LogP contribution is 2.47. The van der Waals surface area contributed by atoms with Crippen LogP contribution in [0, 0.1) is 17.9 Å². The molecule has 4 nitrogen and oxygen atoms in total. The Morgan fingerprint density at radius 3 is 1.51 bits per heavy atom. The lowest BCUT2D eigenvalue weighted by atomic mass is 9.91. The summed E-state index contributed by atoms with van der Waals surface area (Å²) in [5.74, 6) is 0. The monoisotopic (exact) mass is 640 g/mol. The van der Waals surface area contributed by atoms with E-state index in [1.54, 1.807) is 24.5 Å². The van der Waals surface area contributed by atoms with Gasteiger partial charge in [-0.15, -0.1) is 11.3 Å². The van der Waals surface area contributed by atoms with Crippen molar-refractivity contribution in [2.24, 2.45) is 0 Å². The van der Waals surface area contributed by atoms with Crippen molar-refractivity contribution in [1.82, 2.24) is 9.97 Å². The summed E-state index contributed by atoms with van der Waals surface area (Å²) in [5, 5.41) is 16.8. The molecule has 5 heteroatoms. The van der Waals surface area contributed by atoms with E-state index in [1.165, 1.54) is 52.8 Å². The van der Waals surface area contributed by atoms with Crippen LogP contribution < -0.4 is 0 Å². The van der Waals surface area contributed by atoms with E-state index < -0.39 is 0 Å². The maximum atomic E-state index is 9.35. The molecule has 0 saturated heterocycles. The van der Waals surface area contributed by atoms with Crippen LogP contribution in [0.25, 0.3) is 91.3 Å². The number of rotatable bonds is 4. The zero-order valence-electron chi connectivity index (χ0n) is 26.1. The Morgan fingerprint density at radius 1 is 0.531 bits per heavy atom. The van der Waals surface area contributed by atoms with E-state index in [2.05, 4.69) is 130 Å². The first-order chi connectivity index (χ1) is 24.2. The van der Waals surface area contributed by atoms with Gasteiger partial charge in [-0.1, -0.05) is 97.1 Å². The number of hydrogen-bond acceptors (Lipinski definition) is 4. The van der Waals surface area contributed by atoms with Gasteiger partial charge in [-0.25, -0.2) is 4.85 Å². The van der Waals surface area contributed by atoms with Gasteiger partial charge in [-0.3, -0.25) is 9.97 Å². The first kappa shape index (κ1) is 28.6. The Morgan fingerprint density at radius 2 is 1.00 bits per heavy atom. The summed E-state index contributed by atoms with van der Waals surface area (Å²) in [6.07, 6.45) is 3.38. The molecule has 6 aromatic carbocycles. The summed E-state index contributed by atoms with van der Waals surface area (Å²) in [4.78, 5) is 12.6. The molecule has 0 atom stereocenters. The van der Waals surface area contributed by atoms with Crippen molar-refractivity contribution in [2.45, 2.75) is 0 Å². The van der Waals surface area contributed by atoms with Crippen molar-refractivity contribution >= 4 is 58.7 Å². The van der Waals surface area contributed by atoms with Crippen LogP contribution in [0.1, 0.15) is 5.56 Å². The summed E-state index contributed by atoms with van der Waals surface area (Å²) in [6, 6.07) is 48.5. The van der Waals surface area contributed by atoms with Gasteiger partial charge in [-0.05, 0) is 85.8 Å². The van der Waals surface area contributed by atoms with Gasteiger partial charge in [0, 0.05) is 38.1 Å². The third-order valence-electron chi connectivity index (χ3n) is 9.23. The van der Waals surface area contributed by atoms with Crippen LogP contribution in [0.2, 0.25) is 0 Å². The largest absolute Gasteiger partial charge is 0.259 e. The molecular weight excluding hydrogens is 617 g/mol. The van der Waals surface area contributed by atoms with Gasteiger partial charge in [0.2, 0.25) is 0 Å². The summed E-state index contributed by atoms with van der Waals surface area (Å²) >= 11 is 1.84. The fraction of sp³-hybridized carbons (Fsp3) is 0. The van der Waals surface area contributed by atoms with E-state index in [0.717, 1.165) is 33.6 Å². The van der Waals surface area contributed by atoms with Gasteiger partial charge >= 0.3 is 0 Å². The second kappa shape index (κ2) is 11.5. The molecule has 49 heavy (non-hydrogen) atoms. The molecule has 9 aromatic rings. The van der Waals surface area contributed by atoms with Gasteiger partial charge in [-0.2, -0.15) is 5.26 Å². The first-order valence-corrected chi connectivity index (χ1v) is 16.7. The number of nitriles is 1. The maximum Gasteiger partial charge on any atom is 0.190 e. The molecule has 0 aliphatic carbocycles. The molecule has 3 aromatic heterocycles. The lowest BCUT2D eigenvalue weighted by Gasteiger charge is -2.12.